The third kappa shape index (κ3) is 3.11. The molecule has 1 aromatic carbocycles. The minimum Gasteiger partial charge on any atom is -0.497 e. The quantitative estimate of drug-likeness (QED) is 0.768. The molecule has 0 fully saturated rings. The van der Waals surface area contributed by atoms with E-state index < -0.39 is 0 Å². The van der Waals surface area contributed by atoms with E-state index in [1.54, 1.807) is 43.5 Å². The first-order valence-electron chi connectivity index (χ1n) is 6.50. The summed E-state index contributed by atoms with van der Waals surface area (Å²) in [5.74, 6) is 1.30. The fourth-order valence-electron chi connectivity index (χ4n) is 1.82. The molecule has 0 atom stereocenters. The van der Waals surface area contributed by atoms with Gasteiger partial charge in [-0.15, -0.1) is 10.2 Å². The lowest BCUT2D eigenvalue weighted by Gasteiger charge is -2.05. The first kappa shape index (κ1) is 13.8. The first-order valence-corrected chi connectivity index (χ1v) is 6.50. The van der Waals surface area contributed by atoms with Gasteiger partial charge in [-0.25, -0.2) is 0 Å². The van der Waals surface area contributed by atoms with E-state index in [0.29, 0.717) is 17.3 Å². The van der Waals surface area contributed by atoms with Gasteiger partial charge in [0.1, 0.15) is 12.3 Å². The number of amides is 1. The zero-order valence-corrected chi connectivity index (χ0v) is 11.8. The maximum atomic E-state index is 11.9. The molecule has 8 nitrogen and oxygen atoms in total. The molecule has 2 heterocycles. The summed E-state index contributed by atoms with van der Waals surface area (Å²) in [6, 6.07) is 10.5. The van der Waals surface area contributed by atoms with Gasteiger partial charge < -0.3 is 14.5 Å². The summed E-state index contributed by atoms with van der Waals surface area (Å²) in [6.07, 6.45) is 1.52. The number of nitrogens with one attached hydrogen (secondary N) is 1. The highest BCUT2D eigenvalue weighted by molar-refractivity contribution is 5.90. The maximum Gasteiger partial charge on any atom is 0.248 e. The SMILES string of the molecule is COc1ccc(NC(=O)Cn2nnc(-c3ccco3)n2)cc1. The molecule has 0 saturated heterocycles. The molecule has 0 aliphatic rings. The van der Waals surface area contributed by atoms with Gasteiger partial charge in [0.2, 0.25) is 11.7 Å². The zero-order valence-electron chi connectivity index (χ0n) is 11.8. The molecule has 0 saturated carbocycles. The van der Waals surface area contributed by atoms with Gasteiger partial charge in [0.05, 0.1) is 13.4 Å². The van der Waals surface area contributed by atoms with Crippen molar-refractivity contribution in [1.29, 1.82) is 0 Å². The van der Waals surface area contributed by atoms with Crippen molar-refractivity contribution in [2.75, 3.05) is 12.4 Å². The molecule has 3 aromatic rings. The summed E-state index contributed by atoms with van der Waals surface area (Å²) in [7, 11) is 1.58. The summed E-state index contributed by atoms with van der Waals surface area (Å²) in [4.78, 5) is 13.1. The molecule has 3 rings (SSSR count). The molecule has 8 heteroatoms. The van der Waals surface area contributed by atoms with Crippen molar-refractivity contribution >= 4 is 11.6 Å². The van der Waals surface area contributed by atoms with Crippen LogP contribution in [-0.4, -0.2) is 33.2 Å². The van der Waals surface area contributed by atoms with E-state index in [1.807, 2.05) is 0 Å². The largest absolute Gasteiger partial charge is 0.497 e. The molecule has 0 unspecified atom stereocenters. The summed E-state index contributed by atoms with van der Waals surface area (Å²) in [5, 5.41) is 14.5. The number of nitrogens with zero attached hydrogens (tertiary/aromatic N) is 4. The monoisotopic (exact) mass is 299 g/mol. The molecule has 0 aliphatic carbocycles. The Morgan fingerprint density at radius 1 is 1.32 bits per heavy atom. The van der Waals surface area contributed by atoms with Crippen LogP contribution in [0.5, 0.6) is 5.75 Å². The molecule has 0 aliphatic heterocycles. The van der Waals surface area contributed by atoms with E-state index in [-0.39, 0.29) is 12.5 Å². The van der Waals surface area contributed by atoms with Crippen molar-refractivity contribution in [3.8, 4) is 17.3 Å². The van der Waals surface area contributed by atoms with Crippen molar-refractivity contribution in [3.63, 3.8) is 0 Å². The predicted molar refractivity (Wildman–Crippen MR) is 77.1 cm³/mol. The Morgan fingerprint density at radius 3 is 2.82 bits per heavy atom. The lowest BCUT2D eigenvalue weighted by Crippen LogP contribution is -2.20. The average Bonchev–Trinajstić information content (AvgIpc) is 3.19. The lowest BCUT2D eigenvalue weighted by atomic mass is 10.3. The van der Waals surface area contributed by atoms with Crippen molar-refractivity contribution in [2.45, 2.75) is 6.54 Å². The van der Waals surface area contributed by atoms with Crippen LogP contribution in [0.2, 0.25) is 0 Å². The Balaban J connectivity index is 1.61. The summed E-state index contributed by atoms with van der Waals surface area (Å²) < 4.78 is 10.2. The molecule has 0 radical (unpaired) electrons. The van der Waals surface area contributed by atoms with Crippen LogP contribution in [0.3, 0.4) is 0 Å². The fraction of sp³-hybridized carbons (Fsp3) is 0.143. The Kier molecular flexibility index (Phi) is 3.82. The third-order valence-corrected chi connectivity index (χ3v) is 2.85. The number of carbonyl (C=O) groups excluding carboxylic acids is 1. The number of tetrazole rings is 1. The molecular weight excluding hydrogens is 286 g/mol. The molecule has 112 valence electrons. The molecule has 0 bridgehead atoms. The van der Waals surface area contributed by atoms with Crippen LogP contribution in [0.4, 0.5) is 5.69 Å². The Labute approximate surface area is 125 Å². The second kappa shape index (κ2) is 6.08. The molecular formula is C14H13N5O3. The number of carbonyl (C=O) groups is 1. The second-order valence-electron chi connectivity index (χ2n) is 4.40. The van der Waals surface area contributed by atoms with Crippen LogP contribution < -0.4 is 10.1 Å². The van der Waals surface area contributed by atoms with Crippen molar-refractivity contribution in [3.05, 3.63) is 42.7 Å². The van der Waals surface area contributed by atoms with Crippen molar-refractivity contribution in [1.82, 2.24) is 20.2 Å². The van der Waals surface area contributed by atoms with E-state index in [9.17, 15) is 4.79 Å². The molecule has 1 N–H and O–H groups in total. The number of furan rings is 1. The van der Waals surface area contributed by atoms with Gasteiger partial charge in [-0.2, -0.15) is 4.80 Å². The number of hydrogen-bond donors (Lipinski definition) is 1. The van der Waals surface area contributed by atoms with Gasteiger partial charge in [0.15, 0.2) is 5.76 Å². The number of methoxy groups -OCH3 is 1. The summed E-state index contributed by atoms with van der Waals surface area (Å²) in [5.41, 5.74) is 0.664. The van der Waals surface area contributed by atoms with Crippen LogP contribution in [0.25, 0.3) is 11.6 Å². The van der Waals surface area contributed by atoms with Crippen LogP contribution in [0.15, 0.2) is 47.1 Å². The molecule has 2 aromatic heterocycles. The Hall–Kier alpha value is -3.16. The summed E-state index contributed by atoms with van der Waals surface area (Å²) >= 11 is 0. The fourth-order valence-corrected chi connectivity index (χ4v) is 1.82. The van der Waals surface area contributed by atoms with E-state index in [2.05, 4.69) is 20.7 Å². The third-order valence-electron chi connectivity index (χ3n) is 2.85. The van der Waals surface area contributed by atoms with Gasteiger partial charge in [-0.05, 0) is 41.6 Å². The normalized spacial score (nSPS) is 10.4. The lowest BCUT2D eigenvalue weighted by molar-refractivity contribution is -0.117. The Morgan fingerprint density at radius 2 is 2.14 bits per heavy atom. The molecule has 1 amide bonds. The molecule has 0 spiro atoms. The maximum absolute atomic E-state index is 11.9. The number of benzene rings is 1. The second-order valence-corrected chi connectivity index (χ2v) is 4.40. The van der Waals surface area contributed by atoms with Crippen LogP contribution in [0.1, 0.15) is 0 Å². The predicted octanol–water partition coefficient (Wildman–Crippen LogP) is 1.58. The summed E-state index contributed by atoms with van der Waals surface area (Å²) in [6.45, 7) is -0.0419. The highest BCUT2D eigenvalue weighted by Gasteiger charge is 2.11. The highest BCUT2D eigenvalue weighted by atomic mass is 16.5. The zero-order chi connectivity index (χ0) is 15.4. The standard InChI is InChI=1S/C14H13N5O3/c1-21-11-6-4-10(5-7-11)15-13(20)9-19-17-14(16-18-19)12-3-2-8-22-12/h2-8H,9H2,1H3,(H,15,20). The Bertz CT molecular complexity index is 749. The van der Waals surface area contributed by atoms with Gasteiger partial charge in [0.25, 0.3) is 0 Å². The first-order chi connectivity index (χ1) is 10.7. The number of rotatable bonds is 5. The van der Waals surface area contributed by atoms with Crippen molar-refractivity contribution < 1.29 is 13.9 Å². The van der Waals surface area contributed by atoms with Gasteiger partial charge >= 0.3 is 0 Å². The van der Waals surface area contributed by atoms with E-state index in [1.165, 1.54) is 11.1 Å². The number of aromatic nitrogens is 4. The highest BCUT2D eigenvalue weighted by Crippen LogP contribution is 2.15. The minimum absolute atomic E-state index is 0.0419. The van der Waals surface area contributed by atoms with Crippen LogP contribution in [-0.2, 0) is 11.3 Å². The van der Waals surface area contributed by atoms with Crippen molar-refractivity contribution in [2.24, 2.45) is 0 Å². The number of hydrogen-bond acceptors (Lipinski definition) is 6. The number of anilines is 1. The van der Waals surface area contributed by atoms with Gasteiger partial charge in [-0.1, -0.05) is 0 Å². The topological polar surface area (TPSA) is 95.1 Å². The number of ether oxygens (including phenoxy) is 1. The average molecular weight is 299 g/mol. The van der Waals surface area contributed by atoms with E-state index >= 15 is 0 Å². The minimum atomic E-state index is -0.256. The van der Waals surface area contributed by atoms with Crippen LogP contribution in [0, 0.1) is 0 Å². The van der Waals surface area contributed by atoms with Gasteiger partial charge in [-0.3, -0.25) is 4.79 Å². The smallest absolute Gasteiger partial charge is 0.248 e. The molecule has 22 heavy (non-hydrogen) atoms. The van der Waals surface area contributed by atoms with E-state index in [4.69, 9.17) is 9.15 Å². The van der Waals surface area contributed by atoms with Gasteiger partial charge in [0, 0.05) is 5.69 Å². The van der Waals surface area contributed by atoms with E-state index in [0.717, 1.165) is 5.75 Å². The van der Waals surface area contributed by atoms with Crippen LogP contribution >= 0.6 is 0 Å².